The molecule has 0 aliphatic carbocycles. The first-order valence-electron chi connectivity index (χ1n) is 10.7. The van der Waals surface area contributed by atoms with Gasteiger partial charge in [0.2, 0.25) is 0 Å². The molecule has 1 aromatic heterocycles. The van der Waals surface area contributed by atoms with Gasteiger partial charge in [-0.25, -0.2) is 0 Å². The van der Waals surface area contributed by atoms with Crippen LogP contribution in [0.1, 0.15) is 35.8 Å². The molecule has 1 saturated heterocycles. The molecule has 1 atom stereocenters. The number of piperazine rings is 1. The molecule has 1 unspecified atom stereocenters. The molecular formula is C23H36IN5S. The first kappa shape index (κ1) is 25.1. The Hall–Kier alpha value is -1.16. The predicted octanol–water partition coefficient (Wildman–Crippen LogP) is 3.97. The fraction of sp³-hybridized carbons (Fsp3) is 0.522. The van der Waals surface area contributed by atoms with E-state index < -0.39 is 0 Å². The van der Waals surface area contributed by atoms with Gasteiger partial charge < -0.3 is 15.5 Å². The monoisotopic (exact) mass is 541 g/mol. The summed E-state index contributed by atoms with van der Waals surface area (Å²) < 4.78 is 0. The number of guanidine groups is 1. The minimum Gasteiger partial charge on any atom is -0.356 e. The molecule has 0 radical (unpaired) electrons. The maximum absolute atomic E-state index is 4.35. The summed E-state index contributed by atoms with van der Waals surface area (Å²) in [5.41, 5.74) is 2.67. The second-order valence-electron chi connectivity index (χ2n) is 7.75. The van der Waals surface area contributed by atoms with Gasteiger partial charge in [-0.3, -0.25) is 9.89 Å². The van der Waals surface area contributed by atoms with Crippen molar-refractivity contribution in [2.45, 2.75) is 32.9 Å². The van der Waals surface area contributed by atoms with Crippen molar-refractivity contribution in [3.05, 3.63) is 57.8 Å². The molecule has 1 aliphatic rings. The van der Waals surface area contributed by atoms with Crippen LogP contribution in [-0.2, 0) is 13.1 Å². The normalized spacial score (nSPS) is 16.7. The van der Waals surface area contributed by atoms with Crippen molar-refractivity contribution in [1.29, 1.82) is 0 Å². The molecule has 0 bridgehead atoms. The lowest BCUT2D eigenvalue weighted by Crippen LogP contribution is -2.45. The van der Waals surface area contributed by atoms with Gasteiger partial charge in [0.15, 0.2) is 5.96 Å². The molecule has 166 valence electrons. The zero-order valence-electron chi connectivity index (χ0n) is 18.4. The number of benzene rings is 1. The fourth-order valence-corrected chi connectivity index (χ4v) is 4.40. The maximum atomic E-state index is 4.35. The summed E-state index contributed by atoms with van der Waals surface area (Å²) in [5, 5.41) is 8.99. The highest BCUT2D eigenvalue weighted by Gasteiger charge is 2.15. The van der Waals surface area contributed by atoms with E-state index in [0.717, 1.165) is 25.6 Å². The van der Waals surface area contributed by atoms with E-state index in [-0.39, 0.29) is 24.0 Å². The molecule has 2 N–H and O–H groups in total. The molecule has 0 spiro atoms. The summed E-state index contributed by atoms with van der Waals surface area (Å²) in [6.07, 6.45) is 0. The van der Waals surface area contributed by atoms with Crippen LogP contribution in [0.15, 0.2) is 46.8 Å². The molecule has 1 aliphatic heterocycles. The molecule has 0 saturated carbocycles. The van der Waals surface area contributed by atoms with Gasteiger partial charge in [-0.2, -0.15) is 0 Å². The predicted molar refractivity (Wildman–Crippen MR) is 140 cm³/mol. The lowest BCUT2D eigenvalue weighted by Gasteiger charge is -2.34. The third kappa shape index (κ3) is 7.83. The van der Waals surface area contributed by atoms with Crippen molar-refractivity contribution in [2.24, 2.45) is 4.99 Å². The maximum Gasteiger partial charge on any atom is 0.191 e. The number of nitrogens with zero attached hydrogens (tertiary/aromatic N) is 3. The Bertz CT molecular complexity index is 739. The molecular weight excluding hydrogens is 505 g/mol. The van der Waals surface area contributed by atoms with E-state index in [2.05, 4.69) is 81.1 Å². The number of thiophene rings is 1. The van der Waals surface area contributed by atoms with Crippen molar-refractivity contribution in [1.82, 2.24) is 20.4 Å². The quantitative estimate of drug-likeness (QED) is 0.302. The van der Waals surface area contributed by atoms with E-state index in [4.69, 9.17) is 0 Å². The van der Waals surface area contributed by atoms with Gasteiger partial charge >= 0.3 is 0 Å². The van der Waals surface area contributed by atoms with Crippen LogP contribution in [0.4, 0.5) is 0 Å². The van der Waals surface area contributed by atoms with Crippen LogP contribution in [0.25, 0.3) is 0 Å². The first-order chi connectivity index (χ1) is 14.2. The lowest BCUT2D eigenvalue weighted by atomic mass is 10.1. The number of nitrogens with one attached hydrogen (secondary N) is 2. The number of aliphatic imine (C=N–C) groups is 1. The Morgan fingerprint density at radius 2 is 1.70 bits per heavy atom. The third-order valence-electron chi connectivity index (χ3n) is 5.63. The number of hydrogen-bond acceptors (Lipinski definition) is 4. The molecule has 1 fully saturated rings. The number of halogens is 1. The van der Waals surface area contributed by atoms with E-state index in [1.165, 1.54) is 48.7 Å². The Balaban J connectivity index is 0.00000320. The van der Waals surface area contributed by atoms with Crippen LogP contribution in [0.2, 0.25) is 0 Å². The van der Waals surface area contributed by atoms with Crippen molar-refractivity contribution in [3.8, 4) is 0 Å². The van der Waals surface area contributed by atoms with E-state index >= 15 is 0 Å². The van der Waals surface area contributed by atoms with Crippen LogP contribution in [0, 0.1) is 0 Å². The molecule has 30 heavy (non-hydrogen) atoms. The van der Waals surface area contributed by atoms with E-state index in [0.29, 0.717) is 5.92 Å². The molecule has 1 aromatic carbocycles. The van der Waals surface area contributed by atoms with Crippen molar-refractivity contribution in [2.75, 3.05) is 46.3 Å². The average Bonchev–Trinajstić information content (AvgIpc) is 3.30. The molecule has 2 aromatic rings. The van der Waals surface area contributed by atoms with Crippen molar-refractivity contribution < 1.29 is 0 Å². The fourth-order valence-electron chi connectivity index (χ4n) is 3.61. The highest BCUT2D eigenvalue weighted by Crippen LogP contribution is 2.19. The molecule has 3 rings (SSSR count). The van der Waals surface area contributed by atoms with Crippen LogP contribution < -0.4 is 10.6 Å². The topological polar surface area (TPSA) is 42.9 Å². The molecule has 7 heteroatoms. The van der Waals surface area contributed by atoms with Crippen LogP contribution in [-0.4, -0.2) is 62.1 Å². The third-order valence-corrected chi connectivity index (χ3v) is 6.73. The van der Waals surface area contributed by atoms with Gasteiger partial charge in [0.25, 0.3) is 0 Å². The Morgan fingerprint density at radius 1 is 1.03 bits per heavy atom. The number of rotatable bonds is 8. The Labute approximate surface area is 203 Å². The van der Waals surface area contributed by atoms with Crippen LogP contribution in [0.3, 0.4) is 0 Å². The van der Waals surface area contributed by atoms with E-state index in [1.54, 1.807) is 0 Å². The molecule has 0 amide bonds. The smallest absolute Gasteiger partial charge is 0.191 e. The highest BCUT2D eigenvalue weighted by atomic mass is 127. The van der Waals surface area contributed by atoms with E-state index in [1.807, 2.05) is 18.4 Å². The van der Waals surface area contributed by atoms with E-state index in [9.17, 15) is 0 Å². The van der Waals surface area contributed by atoms with Crippen LogP contribution >= 0.6 is 35.3 Å². The summed E-state index contributed by atoms with van der Waals surface area (Å²) in [6, 6.07) is 13.3. The lowest BCUT2D eigenvalue weighted by molar-refractivity contribution is 0.132. The van der Waals surface area contributed by atoms with Gasteiger partial charge in [-0.15, -0.1) is 35.3 Å². The largest absolute Gasteiger partial charge is 0.356 e. The van der Waals surface area contributed by atoms with Gasteiger partial charge in [0.05, 0.1) is 0 Å². The zero-order valence-corrected chi connectivity index (χ0v) is 21.6. The SMILES string of the molecule is CCN1CCN(Cc2ccc(CNC(=NC)NCC(C)c3cccs3)cc2)CC1.I. The van der Waals surface area contributed by atoms with Gasteiger partial charge in [-0.05, 0) is 29.1 Å². The standard InChI is InChI=1S/C23H35N5S.HI/c1-4-27-11-13-28(14-12-27)18-21-9-7-20(8-10-21)17-26-23(24-3)25-16-19(2)22-6-5-15-29-22;/h5-10,15,19H,4,11-14,16-18H2,1-3H3,(H2,24,25,26);1H. The summed E-state index contributed by atoms with van der Waals surface area (Å²) >= 11 is 1.81. The molecule has 5 nitrogen and oxygen atoms in total. The second kappa shape index (κ2) is 13.3. The van der Waals surface area contributed by atoms with Crippen molar-refractivity contribution in [3.63, 3.8) is 0 Å². The van der Waals surface area contributed by atoms with Gasteiger partial charge in [0, 0.05) is 63.7 Å². The molecule has 2 heterocycles. The van der Waals surface area contributed by atoms with Gasteiger partial charge in [-0.1, -0.05) is 44.2 Å². The zero-order chi connectivity index (χ0) is 20.5. The number of likely N-dealkylation sites (N-methyl/N-ethyl adjacent to an activating group) is 1. The average molecular weight is 542 g/mol. The summed E-state index contributed by atoms with van der Waals surface area (Å²) in [7, 11) is 1.83. The minimum atomic E-state index is 0. The summed E-state index contributed by atoms with van der Waals surface area (Å²) in [5.74, 6) is 1.33. The first-order valence-corrected chi connectivity index (χ1v) is 11.6. The Kier molecular flexibility index (Phi) is 11.1. The Morgan fingerprint density at radius 3 is 2.30 bits per heavy atom. The van der Waals surface area contributed by atoms with Crippen molar-refractivity contribution >= 4 is 41.3 Å². The minimum absolute atomic E-state index is 0. The second-order valence-corrected chi connectivity index (χ2v) is 8.73. The highest BCUT2D eigenvalue weighted by molar-refractivity contribution is 14.0. The van der Waals surface area contributed by atoms with Gasteiger partial charge in [0.1, 0.15) is 0 Å². The summed E-state index contributed by atoms with van der Waals surface area (Å²) in [4.78, 5) is 10.8. The summed E-state index contributed by atoms with van der Waals surface area (Å²) in [6.45, 7) is 13.1. The van der Waals surface area contributed by atoms with Crippen LogP contribution in [0.5, 0.6) is 0 Å². The number of hydrogen-bond donors (Lipinski definition) is 2.